The van der Waals surface area contributed by atoms with E-state index in [-0.39, 0.29) is 22.6 Å². The van der Waals surface area contributed by atoms with E-state index in [0.29, 0.717) is 18.2 Å². The van der Waals surface area contributed by atoms with Gasteiger partial charge in [-0.2, -0.15) is 0 Å². The van der Waals surface area contributed by atoms with Crippen LogP contribution in [0.3, 0.4) is 0 Å². The van der Waals surface area contributed by atoms with Gasteiger partial charge in [0.05, 0.1) is 18.1 Å². The molecule has 0 aliphatic carbocycles. The molecule has 0 aromatic heterocycles. The van der Waals surface area contributed by atoms with Crippen molar-refractivity contribution in [2.75, 3.05) is 13.7 Å². The Labute approximate surface area is 118 Å². The second-order valence-electron chi connectivity index (χ2n) is 4.82. The van der Waals surface area contributed by atoms with Crippen LogP contribution in [0, 0.1) is 5.92 Å². The molecule has 106 valence electrons. The lowest BCUT2D eigenvalue weighted by atomic mass is 10.1. The van der Waals surface area contributed by atoms with Crippen LogP contribution in [-0.2, 0) is 0 Å². The highest BCUT2D eigenvalue weighted by atomic mass is 35.5. The van der Waals surface area contributed by atoms with Gasteiger partial charge in [0.15, 0.2) is 0 Å². The number of methoxy groups -OCH3 is 1. The summed E-state index contributed by atoms with van der Waals surface area (Å²) < 4.78 is 4.96. The van der Waals surface area contributed by atoms with Gasteiger partial charge < -0.3 is 15.2 Å². The first-order valence-corrected chi connectivity index (χ1v) is 6.67. The van der Waals surface area contributed by atoms with E-state index in [0.717, 1.165) is 6.42 Å². The van der Waals surface area contributed by atoms with Gasteiger partial charge >= 0.3 is 0 Å². The number of halogens is 1. The van der Waals surface area contributed by atoms with Crippen LogP contribution in [0.25, 0.3) is 0 Å². The van der Waals surface area contributed by atoms with Gasteiger partial charge in [-0.3, -0.25) is 4.79 Å². The highest BCUT2D eigenvalue weighted by Gasteiger charge is 2.14. The zero-order chi connectivity index (χ0) is 14.4. The molecule has 0 bridgehead atoms. The lowest BCUT2D eigenvalue weighted by Crippen LogP contribution is -2.30. The number of phenols is 1. The van der Waals surface area contributed by atoms with Crippen LogP contribution in [0.2, 0.25) is 0 Å². The standard InChI is InChI=1S/C14H20ClNO3/c1-9(2)6-10(15)8-16-14(18)12-5-4-11(19-3)7-13(12)17/h4-5,7,9-10,17H,6,8H2,1-3H3,(H,16,18). The molecule has 0 saturated heterocycles. The minimum absolute atomic E-state index is 0.105. The van der Waals surface area contributed by atoms with Gasteiger partial charge in [-0.05, 0) is 24.5 Å². The van der Waals surface area contributed by atoms with Crippen LogP contribution >= 0.6 is 11.6 Å². The molecule has 5 heteroatoms. The number of hydrogen-bond donors (Lipinski definition) is 2. The first-order valence-electron chi connectivity index (χ1n) is 6.23. The average molecular weight is 286 g/mol. The van der Waals surface area contributed by atoms with Crippen molar-refractivity contribution in [1.82, 2.24) is 5.32 Å². The van der Waals surface area contributed by atoms with E-state index in [4.69, 9.17) is 16.3 Å². The molecule has 1 unspecified atom stereocenters. The highest BCUT2D eigenvalue weighted by Crippen LogP contribution is 2.23. The zero-order valence-electron chi connectivity index (χ0n) is 11.4. The number of ether oxygens (including phenoxy) is 1. The van der Waals surface area contributed by atoms with Crippen molar-refractivity contribution in [3.05, 3.63) is 23.8 Å². The van der Waals surface area contributed by atoms with Crippen molar-refractivity contribution in [3.8, 4) is 11.5 Å². The third-order valence-electron chi connectivity index (χ3n) is 2.66. The maximum Gasteiger partial charge on any atom is 0.255 e. The van der Waals surface area contributed by atoms with Crippen molar-refractivity contribution in [3.63, 3.8) is 0 Å². The van der Waals surface area contributed by atoms with Gasteiger partial charge in [-0.1, -0.05) is 13.8 Å². The van der Waals surface area contributed by atoms with Gasteiger partial charge in [0.25, 0.3) is 5.91 Å². The van der Waals surface area contributed by atoms with Gasteiger partial charge in [-0.15, -0.1) is 11.6 Å². The molecule has 0 spiro atoms. The summed E-state index contributed by atoms with van der Waals surface area (Å²) in [5, 5.41) is 12.3. The lowest BCUT2D eigenvalue weighted by Gasteiger charge is -2.13. The lowest BCUT2D eigenvalue weighted by molar-refractivity contribution is 0.0950. The minimum atomic E-state index is -0.338. The van der Waals surface area contributed by atoms with Crippen LogP contribution in [0.1, 0.15) is 30.6 Å². The van der Waals surface area contributed by atoms with Crippen molar-refractivity contribution in [2.45, 2.75) is 25.6 Å². The molecule has 0 radical (unpaired) electrons. The fourth-order valence-corrected chi connectivity index (χ4v) is 2.16. The molecular weight excluding hydrogens is 266 g/mol. The van der Waals surface area contributed by atoms with Crippen molar-refractivity contribution in [2.24, 2.45) is 5.92 Å². The second kappa shape index (κ2) is 7.24. The summed E-state index contributed by atoms with van der Waals surface area (Å²) in [6.45, 7) is 4.53. The normalized spacial score (nSPS) is 12.3. The van der Waals surface area contributed by atoms with Gasteiger partial charge in [0.1, 0.15) is 11.5 Å². The largest absolute Gasteiger partial charge is 0.507 e. The van der Waals surface area contributed by atoms with Crippen LogP contribution in [-0.4, -0.2) is 30.0 Å². The second-order valence-corrected chi connectivity index (χ2v) is 5.44. The molecule has 19 heavy (non-hydrogen) atoms. The molecule has 0 aliphatic heterocycles. The first kappa shape index (κ1) is 15.6. The Hall–Kier alpha value is -1.42. The molecule has 1 aromatic carbocycles. The number of hydrogen-bond acceptors (Lipinski definition) is 3. The Morgan fingerprint density at radius 1 is 1.47 bits per heavy atom. The van der Waals surface area contributed by atoms with E-state index in [1.807, 2.05) is 0 Å². The van der Waals surface area contributed by atoms with Crippen LogP contribution < -0.4 is 10.1 Å². The summed E-state index contributed by atoms with van der Waals surface area (Å²) in [5.41, 5.74) is 0.217. The van der Waals surface area contributed by atoms with Gasteiger partial charge in [-0.25, -0.2) is 0 Å². The molecule has 2 N–H and O–H groups in total. The van der Waals surface area contributed by atoms with E-state index in [9.17, 15) is 9.90 Å². The molecule has 0 fully saturated rings. The summed E-state index contributed by atoms with van der Waals surface area (Å²) >= 11 is 6.10. The zero-order valence-corrected chi connectivity index (χ0v) is 12.2. The Kier molecular flexibility index (Phi) is 5.96. The maximum atomic E-state index is 11.9. The number of alkyl halides is 1. The Balaban J connectivity index is 2.58. The third-order valence-corrected chi connectivity index (χ3v) is 2.99. The number of benzene rings is 1. The fourth-order valence-electron chi connectivity index (χ4n) is 1.72. The molecular formula is C14H20ClNO3. The van der Waals surface area contributed by atoms with Crippen molar-refractivity contribution >= 4 is 17.5 Å². The molecule has 0 saturated carbocycles. The predicted molar refractivity (Wildman–Crippen MR) is 76.1 cm³/mol. The number of aromatic hydroxyl groups is 1. The molecule has 1 aromatic rings. The third kappa shape index (κ3) is 4.99. The molecule has 1 amide bonds. The Bertz CT molecular complexity index is 435. The smallest absolute Gasteiger partial charge is 0.255 e. The number of phenolic OH excluding ortho intramolecular Hbond substituents is 1. The number of carbonyl (C=O) groups excluding carboxylic acids is 1. The monoisotopic (exact) mass is 285 g/mol. The highest BCUT2D eigenvalue weighted by molar-refractivity contribution is 6.21. The van der Waals surface area contributed by atoms with E-state index in [2.05, 4.69) is 19.2 Å². The quantitative estimate of drug-likeness (QED) is 0.790. The summed E-state index contributed by atoms with van der Waals surface area (Å²) in [5.74, 6) is 0.541. The fraction of sp³-hybridized carbons (Fsp3) is 0.500. The summed E-state index contributed by atoms with van der Waals surface area (Å²) in [6.07, 6.45) is 0.830. The average Bonchev–Trinajstić information content (AvgIpc) is 2.35. The van der Waals surface area contributed by atoms with Gasteiger partial charge in [0.2, 0.25) is 0 Å². The van der Waals surface area contributed by atoms with Crippen molar-refractivity contribution in [1.29, 1.82) is 0 Å². The van der Waals surface area contributed by atoms with E-state index >= 15 is 0 Å². The van der Waals surface area contributed by atoms with Crippen LogP contribution in [0.15, 0.2) is 18.2 Å². The summed E-state index contributed by atoms with van der Waals surface area (Å²) in [7, 11) is 1.50. The minimum Gasteiger partial charge on any atom is -0.507 e. The van der Waals surface area contributed by atoms with E-state index in [1.165, 1.54) is 19.2 Å². The van der Waals surface area contributed by atoms with E-state index < -0.39 is 0 Å². The number of rotatable bonds is 6. The SMILES string of the molecule is COc1ccc(C(=O)NCC(Cl)CC(C)C)c(O)c1. The summed E-state index contributed by atoms with van der Waals surface area (Å²) in [6, 6.07) is 4.55. The Morgan fingerprint density at radius 2 is 2.16 bits per heavy atom. The molecule has 0 aliphatic rings. The van der Waals surface area contributed by atoms with Gasteiger partial charge in [0, 0.05) is 12.6 Å². The first-order chi connectivity index (χ1) is 8.93. The number of amides is 1. The van der Waals surface area contributed by atoms with Crippen LogP contribution in [0.5, 0.6) is 11.5 Å². The van der Waals surface area contributed by atoms with Crippen molar-refractivity contribution < 1.29 is 14.6 Å². The predicted octanol–water partition coefficient (Wildman–Crippen LogP) is 2.78. The molecule has 4 nitrogen and oxygen atoms in total. The van der Waals surface area contributed by atoms with Crippen LogP contribution in [0.4, 0.5) is 0 Å². The maximum absolute atomic E-state index is 11.9. The Morgan fingerprint density at radius 3 is 2.68 bits per heavy atom. The topological polar surface area (TPSA) is 58.6 Å². The molecule has 1 rings (SSSR count). The molecule has 0 heterocycles. The summed E-state index contributed by atoms with van der Waals surface area (Å²) in [4.78, 5) is 11.9. The molecule has 1 atom stereocenters. The number of carbonyl (C=O) groups is 1. The number of nitrogens with one attached hydrogen (secondary N) is 1. The van der Waals surface area contributed by atoms with E-state index in [1.54, 1.807) is 6.07 Å².